The summed E-state index contributed by atoms with van der Waals surface area (Å²) < 4.78 is 8.30. The van der Waals surface area contributed by atoms with Crippen LogP contribution >= 0.6 is 11.8 Å². The predicted octanol–water partition coefficient (Wildman–Crippen LogP) is 3.24. The summed E-state index contributed by atoms with van der Waals surface area (Å²) in [5.74, 6) is 0.642. The number of aryl methyl sites for hydroxylation is 2. The number of carbonyl (C=O) groups excluding carboxylic acids is 1. The van der Waals surface area contributed by atoms with Crippen LogP contribution < -0.4 is 15.6 Å². The van der Waals surface area contributed by atoms with E-state index in [-0.39, 0.29) is 22.9 Å². The molecule has 0 bridgehead atoms. The molecule has 4 aromatic rings. The van der Waals surface area contributed by atoms with Gasteiger partial charge in [-0.3, -0.25) is 18.6 Å². The fourth-order valence-electron chi connectivity index (χ4n) is 3.20. The Labute approximate surface area is 182 Å². The van der Waals surface area contributed by atoms with Crippen LogP contribution in [0.2, 0.25) is 0 Å². The lowest BCUT2D eigenvalue weighted by atomic mass is 10.1. The summed E-state index contributed by atoms with van der Waals surface area (Å²) in [5.41, 5.74) is 3.46. The van der Waals surface area contributed by atoms with Gasteiger partial charge in [-0.1, -0.05) is 35.5 Å². The standard InChI is InChI=1S/C22H21N5O3S/c1-14-7-8-18(15(2)11-14)23-19(28)13-31-22-25-24-20-21(29)26(9-10-27(20)22)16-5-4-6-17(12-16)30-3/h4-12H,13H2,1-3H3,(H,23,28). The van der Waals surface area contributed by atoms with Crippen LogP contribution in [0.1, 0.15) is 11.1 Å². The number of hydrogen-bond donors (Lipinski definition) is 1. The summed E-state index contributed by atoms with van der Waals surface area (Å²) in [7, 11) is 1.57. The molecule has 31 heavy (non-hydrogen) atoms. The van der Waals surface area contributed by atoms with Gasteiger partial charge in [0.25, 0.3) is 0 Å². The Hall–Kier alpha value is -3.59. The molecule has 0 saturated heterocycles. The number of fused-ring (bicyclic) bond motifs is 1. The smallest absolute Gasteiger partial charge is 0.300 e. The number of anilines is 1. The second-order valence-electron chi connectivity index (χ2n) is 7.01. The summed E-state index contributed by atoms with van der Waals surface area (Å²) in [4.78, 5) is 25.3. The number of ether oxygens (including phenoxy) is 1. The van der Waals surface area contributed by atoms with E-state index in [2.05, 4.69) is 15.5 Å². The third-order valence-corrected chi connectivity index (χ3v) is 5.70. The molecule has 0 saturated carbocycles. The second-order valence-corrected chi connectivity index (χ2v) is 7.95. The highest BCUT2D eigenvalue weighted by molar-refractivity contribution is 7.99. The number of methoxy groups -OCH3 is 1. The Bertz CT molecular complexity index is 1330. The lowest BCUT2D eigenvalue weighted by Crippen LogP contribution is -2.20. The van der Waals surface area contributed by atoms with Crippen LogP contribution in [0.4, 0.5) is 5.69 Å². The van der Waals surface area contributed by atoms with E-state index in [4.69, 9.17) is 4.74 Å². The number of hydrogen-bond acceptors (Lipinski definition) is 6. The number of carbonyl (C=O) groups is 1. The van der Waals surface area contributed by atoms with Gasteiger partial charge < -0.3 is 10.1 Å². The minimum absolute atomic E-state index is 0.146. The quantitative estimate of drug-likeness (QED) is 0.468. The maximum absolute atomic E-state index is 12.9. The zero-order valence-electron chi connectivity index (χ0n) is 17.3. The Kier molecular flexibility index (Phi) is 5.77. The fourth-order valence-corrected chi connectivity index (χ4v) is 3.92. The number of amides is 1. The van der Waals surface area contributed by atoms with Gasteiger partial charge in [0.05, 0.1) is 18.6 Å². The second kappa shape index (κ2) is 8.65. The summed E-state index contributed by atoms with van der Waals surface area (Å²) in [6.07, 6.45) is 3.35. The SMILES string of the molecule is COc1cccc(-n2ccn3c(SCC(=O)Nc4ccc(C)cc4C)nnc3c2=O)c1. The molecular weight excluding hydrogens is 414 g/mol. The molecule has 2 aromatic carbocycles. The van der Waals surface area contributed by atoms with Crippen LogP contribution in [-0.4, -0.2) is 37.9 Å². The molecule has 0 aliphatic carbocycles. The van der Waals surface area contributed by atoms with Crippen molar-refractivity contribution in [1.82, 2.24) is 19.2 Å². The third-order valence-electron chi connectivity index (χ3n) is 4.76. The Morgan fingerprint density at radius 1 is 1.13 bits per heavy atom. The van der Waals surface area contributed by atoms with Crippen molar-refractivity contribution in [2.45, 2.75) is 19.0 Å². The monoisotopic (exact) mass is 435 g/mol. The van der Waals surface area contributed by atoms with Gasteiger partial charge in [0, 0.05) is 24.1 Å². The summed E-state index contributed by atoms with van der Waals surface area (Å²) in [6.45, 7) is 3.96. The molecule has 0 fully saturated rings. The average molecular weight is 436 g/mol. The first-order valence-electron chi connectivity index (χ1n) is 9.57. The highest BCUT2D eigenvalue weighted by atomic mass is 32.2. The Morgan fingerprint density at radius 3 is 2.74 bits per heavy atom. The predicted molar refractivity (Wildman–Crippen MR) is 120 cm³/mol. The van der Waals surface area contributed by atoms with Crippen LogP contribution in [0.25, 0.3) is 11.3 Å². The van der Waals surface area contributed by atoms with Gasteiger partial charge in [0.1, 0.15) is 5.75 Å². The topological polar surface area (TPSA) is 90.5 Å². The molecule has 0 spiro atoms. The van der Waals surface area contributed by atoms with Crippen molar-refractivity contribution in [3.05, 3.63) is 76.3 Å². The van der Waals surface area contributed by atoms with E-state index in [0.717, 1.165) is 16.8 Å². The lowest BCUT2D eigenvalue weighted by Gasteiger charge is -2.09. The largest absolute Gasteiger partial charge is 0.497 e. The van der Waals surface area contributed by atoms with E-state index >= 15 is 0 Å². The zero-order valence-corrected chi connectivity index (χ0v) is 18.1. The van der Waals surface area contributed by atoms with Gasteiger partial charge in [0.15, 0.2) is 5.16 Å². The van der Waals surface area contributed by atoms with Crippen LogP contribution in [0, 0.1) is 13.8 Å². The average Bonchev–Trinajstić information content (AvgIpc) is 3.18. The van der Waals surface area contributed by atoms with Crippen LogP contribution in [0.5, 0.6) is 5.75 Å². The molecule has 158 valence electrons. The Morgan fingerprint density at radius 2 is 1.97 bits per heavy atom. The minimum Gasteiger partial charge on any atom is -0.497 e. The molecule has 1 amide bonds. The molecule has 0 atom stereocenters. The van der Waals surface area contributed by atoms with E-state index in [9.17, 15) is 9.59 Å². The molecule has 2 heterocycles. The van der Waals surface area contributed by atoms with Gasteiger partial charge >= 0.3 is 5.56 Å². The van der Waals surface area contributed by atoms with Crippen molar-refractivity contribution in [3.8, 4) is 11.4 Å². The lowest BCUT2D eigenvalue weighted by molar-refractivity contribution is -0.113. The molecule has 0 unspecified atom stereocenters. The van der Waals surface area contributed by atoms with Gasteiger partial charge in [-0.05, 0) is 37.6 Å². The fraction of sp³-hybridized carbons (Fsp3) is 0.182. The highest BCUT2D eigenvalue weighted by Gasteiger charge is 2.14. The number of rotatable bonds is 6. The number of benzene rings is 2. The van der Waals surface area contributed by atoms with Crippen molar-refractivity contribution in [2.75, 3.05) is 18.2 Å². The molecule has 8 nitrogen and oxygen atoms in total. The number of nitrogens with one attached hydrogen (secondary N) is 1. The summed E-state index contributed by atoms with van der Waals surface area (Å²) in [6, 6.07) is 13.1. The van der Waals surface area contributed by atoms with Crippen molar-refractivity contribution >= 4 is 29.0 Å². The van der Waals surface area contributed by atoms with E-state index in [1.165, 1.54) is 16.3 Å². The number of nitrogens with zero attached hydrogens (tertiary/aromatic N) is 4. The van der Waals surface area contributed by atoms with Crippen molar-refractivity contribution in [2.24, 2.45) is 0 Å². The van der Waals surface area contributed by atoms with E-state index in [0.29, 0.717) is 16.6 Å². The summed E-state index contributed by atoms with van der Waals surface area (Å²) in [5, 5.41) is 11.5. The zero-order chi connectivity index (χ0) is 22.0. The van der Waals surface area contributed by atoms with Crippen LogP contribution in [0.15, 0.2) is 64.8 Å². The highest BCUT2D eigenvalue weighted by Crippen LogP contribution is 2.20. The van der Waals surface area contributed by atoms with Crippen LogP contribution in [0.3, 0.4) is 0 Å². The number of thioether (sulfide) groups is 1. The first kappa shape index (κ1) is 20.7. The molecule has 2 aromatic heterocycles. The maximum atomic E-state index is 12.9. The van der Waals surface area contributed by atoms with Gasteiger partial charge in [-0.2, -0.15) is 0 Å². The van der Waals surface area contributed by atoms with E-state index in [1.807, 2.05) is 50.2 Å². The molecule has 0 radical (unpaired) electrons. The molecule has 4 rings (SSSR count). The normalized spacial score (nSPS) is 10.9. The minimum atomic E-state index is -0.310. The first-order chi connectivity index (χ1) is 15.0. The summed E-state index contributed by atoms with van der Waals surface area (Å²) >= 11 is 1.22. The maximum Gasteiger partial charge on any atom is 0.300 e. The molecular formula is C22H21N5O3S. The molecule has 0 aliphatic rings. The van der Waals surface area contributed by atoms with Gasteiger partial charge in [-0.25, -0.2) is 0 Å². The van der Waals surface area contributed by atoms with E-state index in [1.54, 1.807) is 30.0 Å². The molecule has 1 N–H and O–H groups in total. The molecule has 9 heteroatoms. The molecule has 0 aliphatic heterocycles. The van der Waals surface area contributed by atoms with Crippen LogP contribution in [-0.2, 0) is 4.79 Å². The third kappa shape index (κ3) is 4.31. The van der Waals surface area contributed by atoms with Crippen molar-refractivity contribution < 1.29 is 9.53 Å². The van der Waals surface area contributed by atoms with Gasteiger partial charge in [0.2, 0.25) is 11.6 Å². The van der Waals surface area contributed by atoms with Gasteiger partial charge in [-0.15, -0.1) is 10.2 Å². The Balaban J connectivity index is 1.52. The van der Waals surface area contributed by atoms with E-state index < -0.39 is 0 Å². The van der Waals surface area contributed by atoms with Crippen molar-refractivity contribution in [1.29, 1.82) is 0 Å². The number of aromatic nitrogens is 4. The van der Waals surface area contributed by atoms with Crippen molar-refractivity contribution in [3.63, 3.8) is 0 Å². The first-order valence-corrected chi connectivity index (χ1v) is 10.6.